The van der Waals surface area contributed by atoms with Gasteiger partial charge in [0.25, 0.3) is 5.56 Å². The average Bonchev–Trinajstić information content (AvgIpc) is 2.84. The number of rotatable bonds is 4. The average molecular weight is 364 g/mol. The number of aliphatic hydroxyl groups is 1. The van der Waals surface area contributed by atoms with Crippen molar-refractivity contribution in [1.29, 1.82) is 0 Å². The maximum absolute atomic E-state index is 12.1. The number of aliphatic hydroxyl groups excluding tert-OH is 1. The lowest BCUT2D eigenvalue weighted by atomic mass is 10.2. The minimum atomic E-state index is -4.73. The first-order chi connectivity index (χ1) is 11.2. The number of nitrogens with zero attached hydrogens (tertiary/aromatic N) is 1. The monoisotopic (exact) mass is 364 g/mol. The second-order valence-electron chi connectivity index (χ2n) is 4.86. The van der Waals surface area contributed by atoms with Gasteiger partial charge in [0, 0.05) is 12.6 Å². The fraction of sp³-hybridized carbons (Fsp3) is 0.500. The summed E-state index contributed by atoms with van der Waals surface area (Å²) >= 11 is 0. The van der Waals surface area contributed by atoms with Crippen molar-refractivity contribution in [2.45, 2.75) is 24.9 Å². The molecular weight excluding hydrogens is 350 g/mol. The van der Waals surface area contributed by atoms with Crippen molar-refractivity contribution < 1.29 is 33.1 Å². The highest BCUT2D eigenvalue weighted by molar-refractivity contribution is 7.46. The van der Waals surface area contributed by atoms with E-state index < -0.39 is 50.8 Å². The second-order valence-corrected chi connectivity index (χ2v) is 6.10. The molecule has 0 saturated carbocycles. The molecule has 10 nitrogen and oxygen atoms in total. The highest BCUT2D eigenvalue weighted by Crippen LogP contribution is 2.38. The lowest BCUT2D eigenvalue weighted by molar-refractivity contribution is -0.0451. The fourth-order valence-electron chi connectivity index (χ4n) is 2.12. The molecule has 2 rings (SSSR count). The Morgan fingerprint density at radius 2 is 2.21 bits per heavy atom. The number of phosphoric acid groups is 1. The van der Waals surface area contributed by atoms with Crippen LogP contribution in [0.1, 0.15) is 18.2 Å². The van der Waals surface area contributed by atoms with E-state index in [1.54, 1.807) is 0 Å². The minimum absolute atomic E-state index is 0.0862. The van der Waals surface area contributed by atoms with Crippen LogP contribution in [0.3, 0.4) is 0 Å². The third kappa shape index (κ3) is 4.61. The number of aromatic amines is 1. The third-order valence-electron chi connectivity index (χ3n) is 3.18. The van der Waals surface area contributed by atoms with E-state index in [0.717, 1.165) is 10.8 Å². The van der Waals surface area contributed by atoms with Crippen molar-refractivity contribution in [2.24, 2.45) is 0 Å². The number of phosphoric ester groups is 1. The van der Waals surface area contributed by atoms with E-state index in [4.69, 9.17) is 14.5 Å². The summed E-state index contributed by atoms with van der Waals surface area (Å²) < 4.78 is 33.3. The molecule has 4 N–H and O–H groups in total. The van der Waals surface area contributed by atoms with E-state index in [-0.39, 0.29) is 12.0 Å². The largest absolute Gasteiger partial charge is 0.469 e. The van der Waals surface area contributed by atoms with Crippen molar-refractivity contribution in [2.75, 3.05) is 13.3 Å². The fourth-order valence-corrected chi connectivity index (χ4v) is 2.46. The predicted octanol–water partition coefficient (Wildman–Crippen LogP) is -1.38. The van der Waals surface area contributed by atoms with Gasteiger partial charge >= 0.3 is 13.5 Å². The van der Waals surface area contributed by atoms with E-state index in [1.807, 2.05) is 10.9 Å². The van der Waals surface area contributed by atoms with Gasteiger partial charge in [0.2, 0.25) is 0 Å². The summed E-state index contributed by atoms with van der Waals surface area (Å²) in [6.45, 7) is -1.56. The van der Waals surface area contributed by atoms with Crippen molar-refractivity contribution in [3.05, 3.63) is 32.6 Å². The molecule has 1 saturated heterocycles. The van der Waals surface area contributed by atoms with Gasteiger partial charge in [-0.1, -0.05) is 11.8 Å². The van der Waals surface area contributed by atoms with Crippen LogP contribution >= 0.6 is 7.82 Å². The number of alkyl halides is 1. The molecule has 0 bridgehead atoms. The van der Waals surface area contributed by atoms with Crippen molar-refractivity contribution in [1.82, 2.24) is 9.55 Å². The molecule has 1 fully saturated rings. The first-order valence-corrected chi connectivity index (χ1v) is 8.18. The lowest BCUT2D eigenvalue weighted by Gasteiger charge is -2.16. The van der Waals surface area contributed by atoms with Crippen LogP contribution in [0.15, 0.2) is 15.8 Å². The van der Waals surface area contributed by atoms with E-state index in [2.05, 4.69) is 10.4 Å². The molecule has 1 aromatic rings. The molecule has 1 aliphatic rings. The van der Waals surface area contributed by atoms with Gasteiger partial charge in [-0.3, -0.25) is 18.9 Å². The zero-order chi connectivity index (χ0) is 17.9. The molecule has 0 amide bonds. The van der Waals surface area contributed by atoms with E-state index >= 15 is 0 Å². The molecule has 1 aliphatic heterocycles. The van der Waals surface area contributed by atoms with Gasteiger partial charge in [-0.05, 0) is 0 Å². The van der Waals surface area contributed by atoms with Crippen LogP contribution in [0, 0.1) is 11.8 Å². The first kappa shape index (κ1) is 18.5. The molecule has 132 valence electrons. The quantitative estimate of drug-likeness (QED) is 0.377. The number of hydrogen-bond acceptors (Lipinski definition) is 6. The predicted molar refractivity (Wildman–Crippen MR) is 76.7 cm³/mol. The molecule has 0 radical (unpaired) electrons. The normalized spacial score (nSPS) is 23.8. The highest BCUT2D eigenvalue weighted by Gasteiger charge is 2.37. The summed E-state index contributed by atoms with van der Waals surface area (Å²) in [5.74, 6) is 4.30. The van der Waals surface area contributed by atoms with Gasteiger partial charge in [0.1, 0.15) is 17.9 Å². The molecule has 24 heavy (non-hydrogen) atoms. The molecule has 0 spiro atoms. The molecule has 1 aromatic heterocycles. The standard InChI is InChI=1S/C12H14FN2O8P/c13-3-1-2-7-5-15(12(18)14-11(7)17)10-4-8(16)9(23-10)6-22-24(19,20)21/h5,8-10,16H,3-4,6H2,(H,14,17,18)(H2,19,20,21)/t8?,9-,10-/m0/s1. The molecule has 0 aromatic carbocycles. The van der Waals surface area contributed by atoms with Gasteiger partial charge in [0.15, 0.2) is 6.67 Å². The summed E-state index contributed by atoms with van der Waals surface area (Å²) in [7, 11) is -4.73. The Labute approximate surface area is 134 Å². The molecular formula is C12H14FN2O8P. The van der Waals surface area contributed by atoms with Crippen molar-refractivity contribution in [3.8, 4) is 11.8 Å². The van der Waals surface area contributed by atoms with E-state index in [1.165, 1.54) is 0 Å². The molecule has 2 heterocycles. The molecule has 12 heteroatoms. The molecule has 0 aliphatic carbocycles. The maximum Gasteiger partial charge on any atom is 0.469 e. The minimum Gasteiger partial charge on any atom is -0.390 e. The molecule has 1 unspecified atom stereocenters. The van der Waals surface area contributed by atoms with Gasteiger partial charge in [-0.25, -0.2) is 13.8 Å². The van der Waals surface area contributed by atoms with Crippen LogP contribution in [-0.2, 0) is 13.8 Å². The van der Waals surface area contributed by atoms with Gasteiger partial charge in [-0.2, -0.15) is 0 Å². The second kappa shape index (κ2) is 7.40. The smallest absolute Gasteiger partial charge is 0.390 e. The van der Waals surface area contributed by atoms with Crippen LogP contribution in [0.25, 0.3) is 0 Å². The highest BCUT2D eigenvalue weighted by atomic mass is 31.2. The number of nitrogens with one attached hydrogen (secondary N) is 1. The summed E-state index contributed by atoms with van der Waals surface area (Å²) in [6.07, 6.45) is -2.27. The van der Waals surface area contributed by atoms with Gasteiger partial charge in [0.05, 0.1) is 12.7 Å². The van der Waals surface area contributed by atoms with E-state index in [9.17, 15) is 23.7 Å². The van der Waals surface area contributed by atoms with Crippen molar-refractivity contribution >= 4 is 7.82 Å². The van der Waals surface area contributed by atoms with Crippen LogP contribution < -0.4 is 11.2 Å². The van der Waals surface area contributed by atoms with Gasteiger partial charge in [-0.15, -0.1) is 0 Å². The third-order valence-corrected chi connectivity index (χ3v) is 3.66. The SMILES string of the molecule is O=c1[nH]c(=O)n([C@@H]2CC(O)[C@H](COP(=O)(O)O)O2)cc1C#CCF. The first-order valence-electron chi connectivity index (χ1n) is 6.65. The Morgan fingerprint density at radius 1 is 1.50 bits per heavy atom. The Kier molecular flexibility index (Phi) is 5.71. The summed E-state index contributed by atoms with van der Waals surface area (Å²) in [4.78, 5) is 42.7. The Bertz CT molecular complexity index is 819. The summed E-state index contributed by atoms with van der Waals surface area (Å²) in [6, 6.07) is 0. The zero-order valence-electron chi connectivity index (χ0n) is 12.1. The molecule has 3 atom stereocenters. The van der Waals surface area contributed by atoms with Crippen LogP contribution in [0.5, 0.6) is 0 Å². The number of halogens is 1. The van der Waals surface area contributed by atoms with Crippen LogP contribution in [0.4, 0.5) is 4.39 Å². The number of hydrogen-bond donors (Lipinski definition) is 4. The summed E-state index contributed by atoms with van der Waals surface area (Å²) in [5, 5.41) is 9.85. The topological polar surface area (TPSA) is 151 Å². The van der Waals surface area contributed by atoms with Crippen molar-refractivity contribution in [3.63, 3.8) is 0 Å². The Hall–Kier alpha value is -1.80. The lowest BCUT2D eigenvalue weighted by Crippen LogP contribution is -2.33. The maximum atomic E-state index is 12.1. The zero-order valence-corrected chi connectivity index (χ0v) is 13.0. The number of H-pyrrole nitrogens is 1. The Balaban J connectivity index is 2.22. The summed E-state index contributed by atoms with van der Waals surface area (Å²) in [5.41, 5.74) is -1.79. The van der Waals surface area contributed by atoms with Crippen LogP contribution in [0.2, 0.25) is 0 Å². The van der Waals surface area contributed by atoms with Crippen LogP contribution in [-0.4, -0.2) is 49.9 Å². The van der Waals surface area contributed by atoms with E-state index in [0.29, 0.717) is 0 Å². The Morgan fingerprint density at radius 3 is 2.83 bits per heavy atom. The number of aromatic nitrogens is 2. The van der Waals surface area contributed by atoms with Gasteiger partial charge < -0.3 is 19.6 Å². The number of ether oxygens (including phenoxy) is 1.